The Morgan fingerprint density at radius 1 is 0.923 bits per heavy atom. The molecule has 0 aliphatic carbocycles. The molecule has 3 aromatic rings. The minimum absolute atomic E-state index is 0.179. The Bertz CT molecular complexity index is 870. The fourth-order valence-corrected chi connectivity index (χ4v) is 2.86. The fourth-order valence-electron chi connectivity index (χ4n) is 2.61. The highest BCUT2D eigenvalue weighted by Crippen LogP contribution is 2.28. The van der Waals surface area contributed by atoms with Gasteiger partial charge in [-0.1, -0.05) is 60.1 Å². The predicted molar refractivity (Wildman–Crippen MR) is 106 cm³/mol. The third kappa shape index (κ3) is 4.35. The number of halogens is 1. The average molecular weight is 367 g/mol. The van der Waals surface area contributed by atoms with E-state index in [4.69, 9.17) is 16.3 Å². The predicted octanol–water partition coefficient (Wildman–Crippen LogP) is 5.14. The summed E-state index contributed by atoms with van der Waals surface area (Å²) in [6.45, 7) is 0. The fraction of sp³-hybridized carbons (Fsp3) is 0.0952. The van der Waals surface area contributed by atoms with Gasteiger partial charge in [0, 0.05) is 11.4 Å². The van der Waals surface area contributed by atoms with Crippen molar-refractivity contribution in [1.29, 1.82) is 0 Å². The van der Waals surface area contributed by atoms with Crippen molar-refractivity contribution in [3.8, 4) is 5.75 Å². The number of carbonyl (C=O) groups is 1. The first kappa shape index (κ1) is 17.8. The zero-order valence-corrected chi connectivity index (χ0v) is 15.0. The molecule has 0 aliphatic rings. The molecule has 2 N–H and O–H groups in total. The van der Waals surface area contributed by atoms with Crippen molar-refractivity contribution in [3.63, 3.8) is 0 Å². The van der Waals surface area contributed by atoms with Gasteiger partial charge in [-0.2, -0.15) is 0 Å². The molecule has 3 aromatic carbocycles. The lowest BCUT2D eigenvalue weighted by Gasteiger charge is -2.20. The molecular formula is C21H19ClN2O2. The number of para-hydroxylation sites is 1. The van der Waals surface area contributed by atoms with E-state index in [-0.39, 0.29) is 5.91 Å². The van der Waals surface area contributed by atoms with E-state index in [9.17, 15) is 4.79 Å². The number of carbonyl (C=O) groups excluding carboxylic acids is 1. The molecule has 0 saturated heterocycles. The number of benzene rings is 3. The number of hydrogen-bond donors (Lipinski definition) is 2. The molecule has 3 rings (SSSR count). The summed E-state index contributed by atoms with van der Waals surface area (Å²) in [6.07, 6.45) is 0. The third-order valence-electron chi connectivity index (χ3n) is 3.90. The molecule has 0 radical (unpaired) electrons. The van der Waals surface area contributed by atoms with E-state index >= 15 is 0 Å². The van der Waals surface area contributed by atoms with E-state index in [0.29, 0.717) is 16.5 Å². The largest absolute Gasteiger partial charge is 0.495 e. The lowest BCUT2D eigenvalue weighted by Crippen LogP contribution is -2.27. The van der Waals surface area contributed by atoms with Crippen LogP contribution in [0.2, 0.25) is 5.02 Å². The smallest absolute Gasteiger partial charge is 0.251 e. The van der Waals surface area contributed by atoms with Crippen molar-refractivity contribution in [1.82, 2.24) is 0 Å². The first-order chi connectivity index (χ1) is 12.7. The highest BCUT2D eigenvalue weighted by Gasteiger charge is 2.21. The maximum Gasteiger partial charge on any atom is 0.251 e. The summed E-state index contributed by atoms with van der Waals surface area (Å²) < 4.78 is 5.14. The lowest BCUT2D eigenvalue weighted by molar-refractivity contribution is -0.117. The number of methoxy groups -OCH3 is 1. The summed E-state index contributed by atoms with van der Waals surface area (Å²) in [7, 11) is 1.55. The Morgan fingerprint density at radius 3 is 2.19 bits per heavy atom. The molecule has 0 bridgehead atoms. The Morgan fingerprint density at radius 2 is 1.58 bits per heavy atom. The summed E-state index contributed by atoms with van der Waals surface area (Å²) in [5.41, 5.74) is 2.34. The maximum atomic E-state index is 12.9. The van der Waals surface area contributed by atoms with Gasteiger partial charge in [-0.15, -0.1) is 0 Å². The monoisotopic (exact) mass is 366 g/mol. The van der Waals surface area contributed by atoms with E-state index in [2.05, 4.69) is 10.6 Å². The van der Waals surface area contributed by atoms with Crippen LogP contribution in [-0.4, -0.2) is 13.0 Å². The van der Waals surface area contributed by atoms with Gasteiger partial charge in [-0.25, -0.2) is 0 Å². The van der Waals surface area contributed by atoms with Crippen LogP contribution >= 0.6 is 11.6 Å². The molecule has 0 aliphatic heterocycles. The molecule has 0 saturated carbocycles. The van der Waals surface area contributed by atoms with Crippen molar-refractivity contribution in [3.05, 3.63) is 89.4 Å². The van der Waals surface area contributed by atoms with Gasteiger partial charge in [0.1, 0.15) is 11.8 Å². The van der Waals surface area contributed by atoms with Crippen LogP contribution in [0.1, 0.15) is 11.6 Å². The summed E-state index contributed by atoms with van der Waals surface area (Å²) >= 11 is 6.15. The number of anilines is 2. The molecule has 4 nitrogen and oxygen atoms in total. The quantitative estimate of drug-likeness (QED) is 0.635. The normalized spacial score (nSPS) is 11.5. The number of hydrogen-bond acceptors (Lipinski definition) is 3. The van der Waals surface area contributed by atoms with Crippen LogP contribution < -0.4 is 15.4 Å². The first-order valence-corrected chi connectivity index (χ1v) is 8.56. The molecule has 5 heteroatoms. The second kappa shape index (κ2) is 8.41. The lowest BCUT2D eigenvalue weighted by atomic mass is 10.1. The van der Waals surface area contributed by atoms with Gasteiger partial charge in [-0.05, 0) is 35.9 Å². The molecule has 1 unspecified atom stereocenters. The topological polar surface area (TPSA) is 50.4 Å². The van der Waals surface area contributed by atoms with E-state index in [0.717, 1.165) is 11.3 Å². The van der Waals surface area contributed by atoms with Crippen LogP contribution in [0.4, 0.5) is 11.4 Å². The van der Waals surface area contributed by atoms with Gasteiger partial charge in [-0.3, -0.25) is 4.79 Å². The number of ether oxygens (including phenoxy) is 1. The molecule has 1 atom stereocenters. The van der Waals surface area contributed by atoms with Crippen molar-refractivity contribution in [2.45, 2.75) is 6.04 Å². The van der Waals surface area contributed by atoms with Gasteiger partial charge in [0.25, 0.3) is 5.91 Å². The van der Waals surface area contributed by atoms with Gasteiger partial charge in [0.05, 0.1) is 12.1 Å². The molecule has 0 spiro atoms. The Kier molecular flexibility index (Phi) is 5.77. The summed E-state index contributed by atoms with van der Waals surface area (Å²) in [5.74, 6) is 0.382. The van der Waals surface area contributed by atoms with Crippen molar-refractivity contribution in [2.24, 2.45) is 0 Å². The Balaban J connectivity index is 1.84. The van der Waals surface area contributed by atoms with Gasteiger partial charge >= 0.3 is 0 Å². The summed E-state index contributed by atoms with van der Waals surface area (Å²) in [5, 5.41) is 6.64. The molecule has 26 heavy (non-hydrogen) atoms. The number of rotatable bonds is 6. The Hall–Kier alpha value is -2.98. The molecular weight excluding hydrogens is 348 g/mol. The highest BCUT2D eigenvalue weighted by atomic mass is 35.5. The standard InChI is InChI=1S/C21H19ClN2O2/c1-26-19-13-12-17(14-18(19)22)24-21(25)20(15-8-4-2-5-9-15)23-16-10-6-3-7-11-16/h2-14,20,23H,1H3,(H,24,25). The van der Waals surface area contributed by atoms with Crippen molar-refractivity contribution >= 4 is 28.9 Å². The zero-order chi connectivity index (χ0) is 18.4. The molecule has 0 heterocycles. The van der Waals surface area contributed by atoms with Crippen LogP contribution in [0.3, 0.4) is 0 Å². The van der Waals surface area contributed by atoms with Crippen LogP contribution in [0.5, 0.6) is 5.75 Å². The van der Waals surface area contributed by atoms with E-state index < -0.39 is 6.04 Å². The second-order valence-electron chi connectivity index (χ2n) is 5.69. The highest BCUT2D eigenvalue weighted by molar-refractivity contribution is 6.32. The minimum Gasteiger partial charge on any atom is -0.495 e. The van der Waals surface area contributed by atoms with E-state index in [1.54, 1.807) is 25.3 Å². The average Bonchev–Trinajstić information content (AvgIpc) is 2.68. The van der Waals surface area contributed by atoms with Gasteiger partial charge in [0.2, 0.25) is 0 Å². The number of nitrogens with one attached hydrogen (secondary N) is 2. The van der Waals surface area contributed by atoms with Gasteiger partial charge in [0.15, 0.2) is 0 Å². The van der Waals surface area contributed by atoms with Crippen LogP contribution in [0, 0.1) is 0 Å². The maximum absolute atomic E-state index is 12.9. The van der Waals surface area contributed by atoms with Crippen LogP contribution in [0.15, 0.2) is 78.9 Å². The Labute approximate surface area is 157 Å². The van der Waals surface area contributed by atoms with E-state index in [1.165, 1.54) is 0 Å². The van der Waals surface area contributed by atoms with Crippen molar-refractivity contribution in [2.75, 3.05) is 17.7 Å². The third-order valence-corrected chi connectivity index (χ3v) is 4.19. The zero-order valence-electron chi connectivity index (χ0n) is 14.3. The minimum atomic E-state index is -0.542. The number of amides is 1. The summed E-state index contributed by atoms with van der Waals surface area (Å²) in [4.78, 5) is 12.9. The second-order valence-corrected chi connectivity index (χ2v) is 6.10. The molecule has 132 valence electrons. The van der Waals surface area contributed by atoms with Crippen molar-refractivity contribution < 1.29 is 9.53 Å². The van der Waals surface area contributed by atoms with Crippen LogP contribution in [-0.2, 0) is 4.79 Å². The first-order valence-electron chi connectivity index (χ1n) is 8.18. The van der Waals surface area contributed by atoms with E-state index in [1.807, 2.05) is 60.7 Å². The molecule has 1 amide bonds. The summed E-state index contributed by atoms with van der Waals surface area (Å²) in [6, 6.07) is 23.8. The molecule has 0 aromatic heterocycles. The van der Waals surface area contributed by atoms with Crippen LogP contribution in [0.25, 0.3) is 0 Å². The SMILES string of the molecule is COc1ccc(NC(=O)C(Nc2ccccc2)c2ccccc2)cc1Cl. The van der Waals surface area contributed by atoms with Gasteiger partial charge < -0.3 is 15.4 Å². The molecule has 0 fully saturated rings.